The number of hydrogen-bond donors (Lipinski definition) is 2. The Morgan fingerprint density at radius 2 is 2.33 bits per heavy atom. The summed E-state index contributed by atoms with van der Waals surface area (Å²) in [6.07, 6.45) is 0.544. The standard InChI is InChI=1S/C10H9ClO4/c1-4-2-5-7(15-4)3-6(10(13)14)9(12)8(5)11/h3-4,12H,2H2,1H3,(H,13,14). The predicted octanol–water partition coefficient (Wildman–Crippen LogP) is 2.07. The number of fused-ring (bicyclic) bond motifs is 1. The predicted molar refractivity (Wildman–Crippen MR) is 53.9 cm³/mol. The van der Waals surface area contributed by atoms with E-state index in [9.17, 15) is 9.90 Å². The summed E-state index contributed by atoms with van der Waals surface area (Å²) in [5, 5.41) is 18.4. The van der Waals surface area contributed by atoms with Crippen molar-refractivity contribution >= 4 is 17.6 Å². The molecular weight excluding hydrogens is 220 g/mol. The Balaban J connectivity index is 2.62. The van der Waals surface area contributed by atoms with E-state index in [0.717, 1.165) is 0 Å². The molecule has 0 bridgehead atoms. The lowest BCUT2D eigenvalue weighted by atomic mass is 10.1. The van der Waals surface area contributed by atoms with E-state index in [1.165, 1.54) is 6.07 Å². The van der Waals surface area contributed by atoms with Crippen molar-refractivity contribution in [2.75, 3.05) is 0 Å². The molecule has 2 rings (SSSR count). The fourth-order valence-electron chi connectivity index (χ4n) is 1.66. The summed E-state index contributed by atoms with van der Waals surface area (Å²) < 4.78 is 5.37. The van der Waals surface area contributed by atoms with Crippen LogP contribution in [0.5, 0.6) is 11.5 Å². The first-order valence-corrected chi connectivity index (χ1v) is 4.82. The number of carboxylic acids is 1. The minimum Gasteiger partial charge on any atom is -0.505 e. The van der Waals surface area contributed by atoms with Crippen molar-refractivity contribution in [3.63, 3.8) is 0 Å². The van der Waals surface area contributed by atoms with Crippen molar-refractivity contribution in [3.05, 3.63) is 22.2 Å². The quantitative estimate of drug-likeness (QED) is 0.772. The summed E-state index contributed by atoms with van der Waals surface area (Å²) in [6.45, 7) is 1.85. The second-order valence-corrected chi connectivity index (χ2v) is 3.88. The molecule has 0 fully saturated rings. The minimum absolute atomic E-state index is 0.0408. The van der Waals surface area contributed by atoms with Gasteiger partial charge in [-0.25, -0.2) is 4.79 Å². The molecule has 15 heavy (non-hydrogen) atoms. The second-order valence-electron chi connectivity index (χ2n) is 3.50. The molecule has 0 radical (unpaired) electrons. The first kappa shape index (κ1) is 10.1. The van der Waals surface area contributed by atoms with E-state index in [-0.39, 0.29) is 22.4 Å². The Kier molecular flexibility index (Phi) is 2.23. The van der Waals surface area contributed by atoms with E-state index in [0.29, 0.717) is 17.7 Å². The lowest BCUT2D eigenvalue weighted by molar-refractivity contribution is 0.0693. The maximum atomic E-state index is 10.8. The molecule has 80 valence electrons. The number of ether oxygens (including phenoxy) is 1. The number of rotatable bonds is 1. The number of aromatic hydroxyl groups is 1. The zero-order valence-electron chi connectivity index (χ0n) is 7.95. The zero-order valence-corrected chi connectivity index (χ0v) is 8.71. The summed E-state index contributed by atoms with van der Waals surface area (Å²) in [5.74, 6) is -1.16. The van der Waals surface area contributed by atoms with Crippen LogP contribution >= 0.6 is 11.6 Å². The summed E-state index contributed by atoms with van der Waals surface area (Å²) >= 11 is 5.86. The molecule has 1 aromatic carbocycles. The normalized spacial score (nSPS) is 18.4. The summed E-state index contributed by atoms with van der Waals surface area (Å²) in [5.41, 5.74) is 0.444. The molecule has 0 aromatic heterocycles. The third kappa shape index (κ3) is 1.51. The third-order valence-corrected chi connectivity index (χ3v) is 2.76. The average Bonchev–Trinajstić information content (AvgIpc) is 2.52. The molecule has 0 aliphatic carbocycles. The molecule has 0 spiro atoms. The van der Waals surface area contributed by atoms with Gasteiger partial charge in [0.1, 0.15) is 23.2 Å². The highest BCUT2D eigenvalue weighted by Gasteiger charge is 2.27. The lowest BCUT2D eigenvalue weighted by Crippen LogP contribution is -2.05. The van der Waals surface area contributed by atoms with Gasteiger partial charge in [0.25, 0.3) is 0 Å². The number of carboxylic acid groups (broad SMARTS) is 1. The van der Waals surface area contributed by atoms with Gasteiger partial charge >= 0.3 is 5.97 Å². The molecular formula is C10H9ClO4. The highest BCUT2D eigenvalue weighted by Crippen LogP contribution is 2.41. The number of carbonyl (C=O) groups is 1. The van der Waals surface area contributed by atoms with Crippen LogP contribution in [0.2, 0.25) is 5.02 Å². The SMILES string of the molecule is CC1Cc2c(cc(C(=O)O)c(O)c2Cl)O1. The molecule has 1 aliphatic heterocycles. The Hall–Kier alpha value is -1.42. The molecule has 0 amide bonds. The first-order chi connectivity index (χ1) is 7.00. The van der Waals surface area contributed by atoms with E-state index >= 15 is 0 Å². The third-order valence-electron chi connectivity index (χ3n) is 2.35. The monoisotopic (exact) mass is 228 g/mol. The van der Waals surface area contributed by atoms with Gasteiger partial charge in [0.15, 0.2) is 0 Å². The van der Waals surface area contributed by atoms with Crippen LogP contribution in [-0.4, -0.2) is 22.3 Å². The van der Waals surface area contributed by atoms with Crippen molar-refractivity contribution < 1.29 is 19.7 Å². The van der Waals surface area contributed by atoms with Crippen molar-refractivity contribution in [1.82, 2.24) is 0 Å². The highest BCUT2D eigenvalue weighted by molar-refractivity contribution is 6.33. The fourth-order valence-corrected chi connectivity index (χ4v) is 1.93. The average molecular weight is 229 g/mol. The van der Waals surface area contributed by atoms with Crippen molar-refractivity contribution in [3.8, 4) is 11.5 Å². The molecule has 1 heterocycles. The van der Waals surface area contributed by atoms with E-state index in [4.69, 9.17) is 21.4 Å². The number of hydrogen-bond acceptors (Lipinski definition) is 3. The van der Waals surface area contributed by atoms with Crippen LogP contribution < -0.4 is 4.74 Å². The Morgan fingerprint density at radius 3 is 2.93 bits per heavy atom. The molecule has 1 aromatic rings. The number of benzene rings is 1. The van der Waals surface area contributed by atoms with Crippen LogP contribution in [0, 0.1) is 0 Å². The molecule has 0 saturated heterocycles. The molecule has 4 nitrogen and oxygen atoms in total. The zero-order chi connectivity index (χ0) is 11.2. The van der Waals surface area contributed by atoms with Gasteiger partial charge in [-0.1, -0.05) is 11.6 Å². The van der Waals surface area contributed by atoms with Crippen molar-refractivity contribution in [2.45, 2.75) is 19.4 Å². The highest BCUT2D eigenvalue weighted by atomic mass is 35.5. The van der Waals surface area contributed by atoms with Crippen LogP contribution in [0.1, 0.15) is 22.8 Å². The van der Waals surface area contributed by atoms with Gasteiger partial charge in [0, 0.05) is 12.0 Å². The summed E-state index contributed by atoms with van der Waals surface area (Å²) in [7, 11) is 0. The number of aromatic carboxylic acids is 1. The Labute approximate surface area is 91.1 Å². The summed E-state index contributed by atoms with van der Waals surface area (Å²) in [6, 6.07) is 1.31. The van der Waals surface area contributed by atoms with E-state index in [2.05, 4.69) is 0 Å². The van der Waals surface area contributed by atoms with Crippen LogP contribution in [0.4, 0.5) is 0 Å². The van der Waals surface area contributed by atoms with Gasteiger partial charge in [-0.3, -0.25) is 0 Å². The van der Waals surface area contributed by atoms with Gasteiger partial charge in [-0.05, 0) is 13.0 Å². The van der Waals surface area contributed by atoms with E-state index < -0.39 is 5.97 Å². The second kappa shape index (κ2) is 3.31. The van der Waals surface area contributed by atoms with Gasteiger partial charge in [-0.15, -0.1) is 0 Å². The Bertz CT molecular complexity index is 442. The van der Waals surface area contributed by atoms with E-state index in [1.54, 1.807) is 0 Å². The first-order valence-electron chi connectivity index (χ1n) is 4.45. The van der Waals surface area contributed by atoms with Crippen molar-refractivity contribution in [2.24, 2.45) is 0 Å². The molecule has 0 saturated carbocycles. The van der Waals surface area contributed by atoms with Crippen LogP contribution in [-0.2, 0) is 6.42 Å². The maximum absolute atomic E-state index is 10.8. The minimum atomic E-state index is -1.22. The molecule has 1 atom stereocenters. The van der Waals surface area contributed by atoms with Gasteiger partial charge in [0.2, 0.25) is 0 Å². The maximum Gasteiger partial charge on any atom is 0.339 e. The van der Waals surface area contributed by atoms with Gasteiger partial charge < -0.3 is 14.9 Å². The molecule has 2 N–H and O–H groups in total. The van der Waals surface area contributed by atoms with Crippen LogP contribution in [0.15, 0.2) is 6.07 Å². The molecule has 1 aliphatic rings. The smallest absolute Gasteiger partial charge is 0.339 e. The summed E-state index contributed by atoms with van der Waals surface area (Å²) in [4.78, 5) is 10.8. The van der Waals surface area contributed by atoms with Crippen LogP contribution in [0.25, 0.3) is 0 Å². The topological polar surface area (TPSA) is 66.8 Å². The van der Waals surface area contributed by atoms with Gasteiger partial charge in [-0.2, -0.15) is 0 Å². The van der Waals surface area contributed by atoms with Crippen molar-refractivity contribution in [1.29, 1.82) is 0 Å². The van der Waals surface area contributed by atoms with E-state index in [1.807, 2.05) is 6.92 Å². The Morgan fingerprint density at radius 1 is 1.67 bits per heavy atom. The molecule has 1 unspecified atom stereocenters. The van der Waals surface area contributed by atoms with Crippen LogP contribution in [0.3, 0.4) is 0 Å². The lowest BCUT2D eigenvalue weighted by Gasteiger charge is -2.06. The van der Waals surface area contributed by atoms with Gasteiger partial charge in [0.05, 0.1) is 5.02 Å². The fraction of sp³-hybridized carbons (Fsp3) is 0.300. The number of phenols is 1. The largest absolute Gasteiger partial charge is 0.505 e. The number of halogens is 1. The molecule has 5 heteroatoms.